The van der Waals surface area contributed by atoms with E-state index in [2.05, 4.69) is 9.80 Å². The summed E-state index contributed by atoms with van der Waals surface area (Å²) in [6, 6.07) is 0. The van der Waals surface area contributed by atoms with Gasteiger partial charge in [-0.3, -0.25) is 0 Å². The molecule has 0 saturated heterocycles. The SMILES string of the molecule is COC(=O)c1c2c(c(C(=O)OC)c3c1N(C)CCC3)N(C)CCC2. The summed E-state index contributed by atoms with van der Waals surface area (Å²) in [7, 11) is 6.74. The molecule has 24 heavy (non-hydrogen) atoms. The maximum absolute atomic E-state index is 12.6. The first-order valence-corrected chi connectivity index (χ1v) is 8.31. The van der Waals surface area contributed by atoms with Gasteiger partial charge in [-0.25, -0.2) is 9.59 Å². The average molecular weight is 332 g/mol. The number of rotatable bonds is 2. The lowest BCUT2D eigenvalue weighted by molar-refractivity contribution is 0.0585. The second kappa shape index (κ2) is 6.34. The van der Waals surface area contributed by atoms with E-state index in [4.69, 9.17) is 9.47 Å². The quantitative estimate of drug-likeness (QED) is 0.772. The first-order valence-electron chi connectivity index (χ1n) is 8.31. The van der Waals surface area contributed by atoms with Crippen molar-refractivity contribution in [3.05, 3.63) is 22.3 Å². The molecule has 0 aliphatic carbocycles. The minimum Gasteiger partial charge on any atom is -0.465 e. The number of fused-ring (bicyclic) bond motifs is 2. The number of benzene rings is 1. The van der Waals surface area contributed by atoms with Crippen LogP contribution in [0, 0.1) is 0 Å². The Morgan fingerprint density at radius 3 is 1.50 bits per heavy atom. The van der Waals surface area contributed by atoms with Crippen molar-refractivity contribution in [1.29, 1.82) is 0 Å². The minimum absolute atomic E-state index is 0.331. The van der Waals surface area contributed by atoms with Gasteiger partial charge in [-0.05, 0) is 36.8 Å². The monoisotopic (exact) mass is 332 g/mol. The number of ether oxygens (including phenoxy) is 2. The lowest BCUT2D eigenvalue weighted by atomic mass is 9.84. The fourth-order valence-corrected chi connectivity index (χ4v) is 4.01. The molecular formula is C18H24N2O4. The highest BCUT2D eigenvalue weighted by Crippen LogP contribution is 2.44. The third-order valence-corrected chi connectivity index (χ3v) is 5.03. The van der Waals surface area contributed by atoms with E-state index in [0.717, 1.165) is 61.3 Å². The van der Waals surface area contributed by atoms with Crippen LogP contribution in [0.5, 0.6) is 0 Å². The zero-order valence-corrected chi connectivity index (χ0v) is 14.8. The van der Waals surface area contributed by atoms with Gasteiger partial charge in [-0.2, -0.15) is 0 Å². The summed E-state index contributed by atoms with van der Waals surface area (Å²) in [5.41, 5.74) is 4.71. The molecule has 3 rings (SSSR count). The van der Waals surface area contributed by atoms with Crippen molar-refractivity contribution in [3.8, 4) is 0 Å². The molecule has 6 heteroatoms. The van der Waals surface area contributed by atoms with Gasteiger partial charge in [0.05, 0.1) is 36.7 Å². The molecule has 0 spiro atoms. The molecule has 0 amide bonds. The predicted molar refractivity (Wildman–Crippen MR) is 92.3 cm³/mol. The van der Waals surface area contributed by atoms with E-state index in [1.54, 1.807) is 0 Å². The fraction of sp³-hybridized carbons (Fsp3) is 0.556. The van der Waals surface area contributed by atoms with Crippen LogP contribution in [0.2, 0.25) is 0 Å². The van der Waals surface area contributed by atoms with Crippen LogP contribution in [0.3, 0.4) is 0 Å². The molecule has 0 atom stereocenters. The Kier molecular flexibility index (Phi) is 4.39. The van der Waals surface area contributed by atoms with E-state index >= 15 is 0 Å². The van der Waals surface area contributed by atoms with Gasteiger partial charge in [-0.1, -0.05) is 0 Å². The van der Waals surface area contributed by atoms with Gasteiger partial charge >= 0.3 is 11.9 Å². The minimum atomic E-state index is -0.331. The number of hydrogen-bond donors (Lipinski definition) is 0. The lowest BCUT2D eigenvalue weighted by Crippen LogP contribution is -2.34. The number of nitrogens with zero attached hydrogens (tertiary/aromatic N) is 2. The number of hydrogen-bond acceptors (Lipinski definition) is 6. The zero-order chi connectivity index (χ0) is 17.4. The normalized spacial score (nSPS) is 16.3. The smallest absolute Gasteiger partial charge is 0.340 e. The second-order valence-corrected chi connectivity index (χ2v) is 6.44. The Bertz CT molecular complexity index is 639. The van der Waals surface area contributed by atoms with Crippen molar-refractivity contribution < 1.29 is 19.1 Å². The van der Waals surface area contributed by atoms with Crippen molar-refractivity contribution in [2.75, 3.05) is 51.2 Å². The Morgan fingerprint density at radius 1 is 0.792 bits per heavy atom. The third-order valence-electron chi connectivity index (χ3n) is 5.03. The molecule has 0 N–H and O–H groups in total. The molecule has 0 aromatic heterocycles. The van der Waals surface area contributed by atoms with E-state index in [-0.39, 0.29) is 11.9 Å². The summed E-state index contributed by atoms with van der Waals surface area (Å²) in [5.74, 6) is -0.661. The number of anilines is 2. The molecule has 6 nitrogen and oxygen atoms in total. The maximum Gasteiger partial charge on any atom is 0.340 e. The number of carbonyl (C=O) groups excluding carboxylic acids is 2. The number of carbonyl (C=O) groups is 2. The Hall–Kier alpha value is -2.24. The van der Waals surface area contributed by atoms with Crippen LogP contribution < -0.4 is 9.80 Å². The van der Waals surface area contributed by atoms with Crippen LogP contribution in [0.25, 0.3) is 0 Å². The van der Waals surface area contributed by atoms with Crippen LogP contribution in [0.4, 0.5) is 11.4 Å². The van der Waals surface area contributed by atoms with Gasteiger partial charge in [0.15, 0.2) is 0 Å². The zero-order valence-electron chi connectivity index (χ0n) is 14.8. The van der Waals surface area contributed by atoms with Gasteiger partial charge in [0.1, 0.15) is 0 Å². The van der Waals surface area contributed by atoms with Gasteiger partial charge in [-0.15, -0.1) is 0 Å². The van der Waals surface area contributed by atoms with Gasteiger partial charge in [0.25, 0.3) is 0 Å². The second-order valence-electron chi connectivity index (χ2n) is 6.44. The molecule has 1 aromatic rings. The summed E-state index contributed by atoms with van der Waals surface area (Å²) in [4.78, 5) is 29.3. The summed E-state index contributed by atoms with van der Waals surface area (Å²) in [5, 5.41) is 0. The highest BCUT2D eigenvalue weighted by Gasteiger charge is 2.36. The predicted octanol–water partition coefficient (Wildman–Crippen LogP) is 2.02. The van der Waals surface area contributed by atoms with E-state index in [1.165, 1.54) is 14.2 Å². The van der Waals surface area contributed by atoms with Crippen molar-refractivity contribution in [2.45, 2.75) is 25.7 Å². The lowest BCUT2D eigenvalue weighted by Gasteiger charge is -2.37. The number of esters is 2. The largest absolute Gasteiger partial charge is 0.465 e. The standard InChI is InChI=1S/C18H24N2O4/c1-19-9-5-7-11-14(18(22)24-4)16-12(8-6-10-20(16)2)13(15(11)19)17(21)23-3/h5-10H2,1-4H3. The third kappa shape index (κ3) is 2.41. The number of methoxy groups -OCH3 is 2. The van der Waals surface area contributed by atoms with Crippen LogP contribution >= 0.6 is 0 Å². The molecular weight excluding hydrogens is 308 g/mol. The summed E-state index contributed by atoms with van der Waals surface area (Å²) < 4.78 is 10.2. The van der Waals surface area contributed by atoms with Crippen LogP contribution in [0.15, 0.2) is 0 Å². The van der Waals surface area contributed by atoms with Gasteiger partial charge in [0.2, 0.25) is 0 Å². The molecule has 2 heterocycles. The summed E-state index contributed by atoms with van der Waals surface area (Å²) >= 11 is 0. The van der Waals surface area contributed by atoms with Crippen molar-refractivity contribution in [3.63, 3.8) is 0 Å². The molecule has 0 unspecified atom stereocenters. The molecule has 2 aliphatic heterocycles. The highest BCUT2D eigenvalue weighted by molar-refractivity contribution is 6.08. The summed E-state index contributed by atoms with van der Waals surface area (Å²) in [6.07, 6.45) is 3.40. The van der Waals surface area contributed by atoms with Crippen molar-refractivity contribution in [2.24, 2.45) is 0 Å². The first-order chi connectivity index (χ1) is 11.5. The molecule has 0 fully saturated rings. The maximum atomic E-state index is 12.6. The van der Waals surface area contributed by atoms with Crippen molar-refractivity contribution >= 4 is 23.3 Å². The average Bonchev–Trinajstić information content (AvgIpc) is 2.59. The summed E-state index contributed by atoms with van der Waals surface area (Å²) in [6.45, 7) is 1.71. The molecule has 1 aromatic carbocycles. The van der Waals surface area contributed by atoms with E-state index < -0.39 is 0 Å². The molecule has 0 bridgehead atoms. The van der Waals surface area contributed by atoms with Crippen LogP contribution in [-0.4, -0.2) is 53.3 Å². The van der Waals surface area contributed by atoms with E-state index in [1.807, 2.05) is 14.1 Å². The fourth-order valence-electron chi connectivity index (χ4n) is 4.01. The molecule has 0 saturated carbocycles. The van der Waals surface area contributed by atoms with Crippen LogP contribution in [0.1, 0.15) is 44.7 Å². The topological polar surface area (TPSA) is 59.1 Å². The Balaban J connectivity index is 2.42. The van der Waals surface area contributed by atoms with E-state index in [0.29, 0.717) is 11.1 Å². The Labute approximate surface area is 142 Å². The Morgan fingerprint density at radius 2 is 1.17 bits per heavy atom. The molecule has 2 aliphatic rings. The van der Waals surface area contributed by atoms with Crippen LogP contribution in [-0.2, 0) is 22.3 Å². The molecule has 130 valence electrons. The van der Waals surface area contributed by atoms with Gasteiger partial charge in [0, 0.05) is 27.2 Å². The van der Waals surface area contributed by atoms with E-state index in [9.17, 15) is 9.59 Å². The molecule has 0 radical (unpaired) electrons. The first kappa shape index (κ1) is 16.6. The van der Waals surface area contributed by atoms with Crippen molar-refractivity contribution in [1.82, 2.24) is 0 Å². The highest BCUT2D eigenvalue weighted by atomic mass is 16.5. The van der Waals surface area contributed by atoms with Gasteiger partial charge < -0.3 is 19.3 Å².